The number of hydrogen-bond acceptors (Lipinski definition) is 8. The van der Waals surface area contributed by atoms with Crippen LogP contribution in [0, 0.1) is 13.8 Å². The lowest BCUT2D eigenvalue weighted by molar-refractivity contribution is 0.911. The molecule has 9 heteroatoms. The second kappa shape index (κ2) is 7.86. The molecule has 0 atom stereocenters. The first-order valence-electron chi connectivity index (χ1n) is 9.78. The van der Waals surface area contributed by atoms with E-state index in [9.17, 15) is 0 Å². The van der Waals surface area contributed by atoms with Crippen molar-refractivity contribution in [1.29, 1.82) is 0 Å². The molecule has 9 nitrogen and oxygen atoms in total. The van der Waals surface area contributed by atoms with E-state index in [0.717, 1.165) is 39.2 Å². The molecule has 0 fully saturated rings. The molecule has 1 N–H and O–H groups in total. The predicted molar refractivity (Wildman–Crippen MR) is 116 cm³/mol. The Labute approximate surface area is 178 Å². The standard InChI is InChI=1S/C22H19N9/c1-14-7-16(10-24-21(14)17-3-5-23-15(2)8-17)11-25-22-30-29-20-9-19(13-28-31(20)22)18-4-6-26-27-12-18/h3-10,12-13H,11H2,1-2H3,(H,25,30). The normalized spacial score (nSPS) is 11.0. The van der Waals surface area contributed by atoms with Crippen LogP contribution >= 0.6 is 0 Å². The van der Waals surface area contributed by atoms with Crippen molar-refractivity contribution in [2.75, 3.05) is 5.32 Å². The van der Waals surface area contributed by atoms with E-state index in [1.165, 1.54) is 0 Å². The Hall–Kier alpha value is -4.27. The molecule has 152 valence electrons. The predicted octanol–water partition coefficient (Wildman–Crippen LogP) is 3.27. The van der Waals surface area contributed by atoms with Crippen LogP contribution in [0.4, 0.5) is 5.95 Å². The molecule has 0 saturated heterocycles. The first-order valence-corrected chi connectivity index (χ1v) is 9.78. The molecule has 0 aliphatic carbocycles. The molecule has 5 rings (SSSR count). The van der Waals surface area contributed by atoms with Crippen LogP contribution in [0.2, 0.25) is 0 Å². The van der Waals surface area contributed by atoms with Crippen molar-refractivity contribution in [3.63, 3.8) is 0 Å². The van der Waals surface area contributed by atoms with E-state index in [2.05, 4.69) is 53.8 Å². The zero-order chi connectivity index (χ0) is 21.2. The number of pyridine rings is 2. The molecule has 0 unspecified atom stereocenters. The van der Waals surface area contributed by atoms with E-state index in [-0.39, 0.29) is 0 Å². The van der Waals surface area contributed by atoms with Crippen molar-refractivity contribution in [3.05, 3.63) is 78.1 Å². The van der Waals surface area contributed by atoms with Crippen LogP contribution in [0.3, 0.4) is 0 Å². The van der Waals surface area contributed by atoms with Crippen molar-refractivity contribution in [2.45, 2.75) is 20.4 Å². The van der Waals surface area contributed by atoms with E-state index < -0.39 is 0 Å². The fourth-order valence-corrected chi connectivity index (χ4v) is 3.43. The molecule has 5 aromatic rings. The molecule has 5 aromatic heterocycles. The molecule has 0 saturated carbocycles. The first-order chi connectivity index (χ1) is 15.2. The van der Waals surface area contributed by atoms with Gasteiger partial charge in [-0.25, -0.2) is 0 Å². The van der Waals surface area contributed by atoms with Crippen LogP contribution in [-0.4, -0.2) is 40.0 Å². The van der Waals surface area contributed by atoms with Gasteiger partial charge in [-0.15, -0.1) is 10.2 Å². The fourth-order valence-electron chi connectivity index (χ4n) is 3.43. The van der Waals surface area contributed by atoms with Gasteiger partial charge in [0.25, 0.3) is 0 Å². The highest BCUT2D eigenvalue weighted by Gasteiger charge is 2.10. The van der Waals surface area contributed by atoms with Crippen molar-refractivity contribution in [3.8, 4) is 22.4 Å². The van der Waals surface area contributed by atoms with Gasteiger partial charge in [-0.2, -0.15) is 19.8 Å². The Morgan fingerprint density at radius 2 is 1.74 bits per heavy atom. The summed E-state index contributed by atoms with van der Waals surface area (Å²) < 4.78 is 1.67. The van der Waals surface area contributed by atoms with E-state index in [1.54, 1.807) is 29.3 Å². The lowest BCUT2D eigenvalue weighted by Crippen LogP contribution is -2.06. The number of nitrogens with one attached hydrogen (secondary N) is 1. The monoisotopic (exact) mass is 409 g/mol. The Morgan fingerprint density at radius 3 is 2.55 bits per heavy atom. The maximum Gasteiger partial charge on any atom is 0.246 e. The van der Waals surface area contributed by atoms with E-state index >= 15 is 0 Å². The average Bonchev–Trinajstić information content (AvgIpc) is 3.20. The third-order valence-electron chi connectivity index (χ3n) is 4.93. The van der Waals surface area contributed by atoms with Crippen molar-refractivity contribution >= 4 is 11.6 Å². The third kappa shape index (κ3) is 3.80. The Balaban J connectivity index is 1.34. The molecule has 0 radical (unpaired) electrons. The molecule has 0 bridgehead atoms. The minimum absolute atomic E-state index is 0.558. The zero-order valence-corrected chi connectivity index (χ0v) is 17.1. The van der Waals surface area contributed by atoms with Gasteiger partial charge in [0.1, 0.15) is 0 Å². The van der Waals surface area contributed by atoms with Gasteiger partial charge in [-0.3, -0.25) is 9.97 Å². The summed E-state index contributed by atoms with van der Waals surface area (Å²) in [7, 11) is 0. The van der Waals surface area contributed by atoms with Crippen LogP contribution in [0.5, 0.6) is 0 Å². The van der Waals surface area contributed by atoms with Gasteiger partial charge in [0.2, 0.25) is 5.95 Å². The number of rotatable bonds is 5. The van der Waals surface area contributed by atoms with E-state index in [0.29, 0.717) is 18.1 Å². The molecular formula is C22H19N9. The van der Waals surface area contributed by atoms with Crippen LogP contribution in [0.25, 0.3) is 28.0 Å². The van der Waals surface area contributed by atoms with Crippen molar-refractivity contribution in [1.82, 2.24) is 40.0 Å². The maximum absolute atomic E-state index is 4.66. The second-order valence-corrected chi connectivity index (χ2v) is 7.22. The lowest BCUT2D eigenvalue weighted by Gasteiger charge is -2.09. The van der Waals surface area contributed by atoms with Gasteiger partial charge in [0.05, 0.1) is 24.3 Å². The summed E-state index contributed by atoms with van der Waals surface area (Å²) in [6.07, 6.45) is 8.77. The molecule has 0 spiro atoms. The second-order valence-electron chi connectivity index (χ2n) is 7.22. The van der Waals surface area contributed by atoms with Crippen molar-refractivity contribution < 1.29 is 0 Å². The summed E-state index contributed by atoms with van der Waals surface area (Å²) in [6.45, 7) is 4.60. The average molecular weight is 409 g/mol. The highest BCUT2D eigenvalue weighted by atomic mass is 15.4. The van der Waals surface area contributed by atoms with Crippen molar-refractivity contribution in [2.24, 2.45) is 0 Å². The highest BCUT2D eigenvalue weighted by molar-refractivity contribution is 5.66. The van der Waals surface area contributed by atoms with Crippen LogP contribution < -0.4 is 5.32 Å². The topological polar surface area (TPSA) is 107 Å². The summed E-state index contributed by atoms with van der Waals surface area (Å²) >= 11 is 0. The highest BCUT2D eigenvalue weighted by Crippen LogP contribution is 2.22. The van der Waals surface area contributed by atoms with E-state index in [4.69, 9.17) is 0 Å². The molecule has 31 heavy (non-hydrogen) atoms. The van der Waals surface area contributed by atoms with Crippen LogP contribution in [0.1, 0.15) is 16.8 Å². The van der Waals surface area contributed by atoms with Gasteiger partial charge in [0, 0.05) is 41.3 Å². The number of fused-ring (bicyclic) bond motifs is 1. The molecule has 0 aliphatic rings. The smallest absolute Gasteiger partial charge is 0.246 e. The molecular weight excluding hydrogens is 390 g/mol. The number of aryl methyl sites for hydroxylation is 2. The summed E-state index contributed by atoms with van der Waals surface area (Å²) in [5, 5.41) is 23.9. The molecule has 5 heterocycles. The maximum atomic E-state index is 4.66. The van der Waals surface area contributed by atoms with Gasteiger partial charge in [0.15, 0.2) is 5.65 Å². The Morgan fingerprint density at radius 1 is 0.839 bits per heavy atom. The minimum atomic E-state index is 0.558. The molecule has 0 amide bonds. The van der Waals surface area contributed by atoms with Crippen LogP contribution in [-0.2, 0) is 6.54 Å². The molecule has 0 aromatic carbocycles. The summed E-state index contributed by atoms with van der Waals surface area (Å²) in [5.74, 6) is 0.570. The minimum Gasteiger partial charge on any atom is -0.349 e. The van der Waals surface area contributed by atoms with E-state index in [1.807, 2.05) is 37.4 Å². The van der Waals surface area contributed by atoms with Gasteiger partial charge in [-0.05, 0) is 49.2 Å². The van der Waals surface area contributed by atoms with Gasteiger partial charge in [-0.1, -0.05) is 6.07 Å². The SMILES string of the molecule is Cc1cc(-c2ncc(CNc3nnc4cc(-c5ccnnc5)cnn34)cc2C)ccn1. The molecule has 0 aliphatic heterocycles. The summed E-state index contributed by atoms with van der Waals surface area (Å²) in [6, 6.07) is 9.93. The number of aromatic nitrogens is 8. The first kappa shape index (κ1) is 18.7. The summed E-state index contributed by atoms with van der Waals surface area (Å²) in [4.78, 5) is 8.91. The Bertz CT molecular complexity index is 1360. The lowest BCUT2D eigenvalue weighted by atomic mass is 10.1. The quantitative estimate of drug-likeness (QED) is 0.471. The Kier molecular flexibility index (Phi) is 4.75. The number of hydrogen-bond donors (Lipinski definition) is 1. The number of anilines is 1. The van der Waals surface area contributed by atoms with Gasteiger partial charge < -0.3 is 5.32 Å². The largest absolute Gasteiger partial charge is 0.349 e. The zero-order valence-electron chi connectivity index (χ0n) is 17.1. The number of nitrogens with zero attached hydrogens (tertiary/aromatic N) is 8. The van der Waals surface area contributed by atoms with Crippen LogP contribution in [0.15, 0.2) is 61.3 Å². The summed E-state index contributed by atoms with van der Waals surface area (Å²) in [5.41, 5.74) is 7.62. The third-order valence-corrected chi connectivity index (χ3v) is 4.93. The van der Waals surface area contributed by atoms with Gasteiger partial charge >= 0.3 is 0 Å². The fraction of sp³-hybridized carbons (Fsp3) is 0.136.